The van der Waals surface area contributed by atoms with Crippen molar-refractivity contribution in [2.75, 3.05) is 6.61 Å². The number of rotatable bonds is 1. The van der Waals surface area contributed by atoms with Crippen LogP contribution in [0.15, 0.2) is 0 Å². The number of carbonyl (C=O) groups excluding carboxylic acids is 1. The lowest BCUT2D eigenvalue weighted by atomic mass is 9.42. The van der Waals surface area contributed by atoms with Crippen LogP contribution in [-0.4, -0.2) is 45.7 Å². The van der Waals surface area contributed by atoms with Gasteiger partial charge in [0.05, 0.1) is 24.4 Å². The standard InChI is InChI=1S/C26H38O5/c1-4-31-21(28)8-5-15-13-25(3)19-10-11-24(2)22(16-6-7-17(16)23(24)29)18(19)9-12-26(25,30)14-20(15)27/h15-20,22-23,27,29-30H,4,6-7,9-14H2,1-3H3/t15?,16-,17+,18-,19+,20-,22+,23+,24+,25-,26+/m1/s1. The zero-order valence-corrected chi connectivity index (χ0v) is 19.1. The van der Waals surface area contributed by atoms with E-state index in [4.69, 9.17) is 4.74 Å². The van der Waals surface area contributed by atoms with Crippen molar-refractivity contribution in [2.45, 2.75) is 89.9 Å². The number of carbonyl (C=O) groups is 1. The summed E-state index contributed by atoms with van der Waals surface area (Å²) in [7, 11) is 0. The van der Waals surface area contributed by atoms with E-state index in [9.17, 15) is 20.1 Å². The van der Waals surface area contributed by atoms with E-state index in [1.807, 2.05) is 0 Å². The van der Waals surface area contributed by atoms with Gasteiger partial charge in [-0.05, 0) is 86.9 Å². The molecule has 0 aromatic heterocycles. The van der Waals surface area contributed by atoms with Crippen molar-refractivity contribution < 1.29 is 24.9 Å². The van der Waals surface area contributed by atoms with E-state index in [1.165, 1.54) is 6.42 Å². The topological polar surface area (TPSA) is 87.0 Å². The van der Waals surface area contributed by atoms with E-state index in [1.54, 1.807) is 6.92 Å². The van der Waals surface area contributed by atoms with Crippen molar-refractivity contribution in [1.29, 1.82) is 0 Å². The van der Waals surface area contributed by atoms with Crippen LogP contribution < -0.4 is 0 Å². The third-order valence-corrected chi connectivity index (χ3v) is 10.7. The monoisotopic (exact) mass is 430 g/mol. The van der Waals surface area contributed by atoms with Crippen LogP contribution in [0.25, 0.3) is 0 Å². The molecule has 0 heterocycles. The molecule has 0 aromatic carbocycles. The fourth-order valence-electron chi connectivity index (χ4n) is 9.05. The Morgan fingerprint density at radius 3 is 2.45 bits per heavy atom. The number of aliphatic hydroxyl groups is 3. The molecule has 0 radical (unpaired) electrons. The molecule has 0 amide bonds. The maximum Gasteiger partial charge on any atom is 0.384 e. The summed E-state index contributed by atoms with van der Waals surface area (Å²) in [5.74, 6) is 7.21. The molecule has 1 unspecified atom stereocenters. The minimum Gasteiger partial charge on any atom is -0.456 e. The van der Waals surface area contributed by atoms with Crippen molar-refractivity contribution >= 4 is 5.97 Å². The second-order valence-corrected chi connectivity index (χ2v) is 11.8. The smallest absolute Gasteiger partial charge is 0.384 e. The van der Waals surface area contributed by atoms with Crippen LogP contribution in [0.5, 0.6) is 0 Å². The average molecular weight is 431 g/mol. The molecule has 172 valence electrons. The molecule has 0 spiro atoms. The summed E-state index contributed by atoms with van der Waals surface area (Å²) in [5.41, 5.74) is -1.22. The first-order valence-electron chi connectivity index (χ1n) is 12.4. The van der Waals surface area contributed by atoms with Crippen LogP contribution in [0.1, 0.15) is 72.1 Å². The number of aliphatic hydroxyl groups excluding tert-OH is 2. The van der Waals surface area contributed by atoms with E-state index in [-0.39, 0.29) is 29.5 Å². The quantitative estimate of drug-likeness (QED) is 0.338. The Hall–Kier alpha value is -1.09. The lowest BCUT2D eigenvalue weighted by molar-refractivity contribution is -0.230. The molecular weight excluding hydrogens is 392 g/mol. The second kappa shape index (κ2) is 7.20. The molecule has 3 N–H and O–H groups in total. The average Bonchev–Trinajstić information content (AvgIpc) is 2.83. The van der Waals surface area contributed by atoms with Crippen molar-refractivity contribution in [3.05, 3.63) is 0 Å². The molecule has 5 saturated carbocycles. The van der Waals surface area contributed by atoms with E-state index in [0.717, 1.165) is 25.7 Å². The summed E-state index contributed by atoms with van der Waals surface area (Å²) in [6.45, 7) is 6.57. The maximum atomic E-state index is 11.8. The van der Waals surface area contributed by atoms with Crippen molar-refractivity contribution in [3.8, 4) is 11.8 Å². The number of hydrogen-bond donors (Lipinski definition) is 3. The van der Waals surface area contributed by atoms with E-state index in [2.05, 4.69) is 25.7 Å². The first kappa shape index (κ1) is 21.7. The Morgan fingerprint density at radius 1 is 1.03 bits per heavy atom. The van der Waals surface area contributed by atoms with Gasteiger partial charge in [0, 0.05) is 23.7 Å². The Kier molecular flexibility index (Phi) is 5.05. The molecule has 0 saturated heterocycles. The zero-order valence-electron chi connectivity index (χ0n) is 19.1. The van der Waals surface area contributed by atoms with Gasteiger partial charge >= 0.3 is 5.97 Å². The van der Waals surface area contributed by atoms with Gasteiger partial charge in [0.1, 0.15) is 0 Å². The molecule has 5 fully saturated rings. The van der Waals surface area contributed by atoms with Gasteiger partial charge in [0.2, 0.25) is 0 Å². The Morgan fingerprint density at radius 2 is 1.77 bits per heavy atom. The summed E-state index contributed by atoms with van der Waals surface area (Å²) in [6.07, 6.45) is 6.15. The van der Waals surface area contributed by atoms with Crippen LogP contribution >= 0.6 is 0 Å². The van der Waals surface area contributed by atoms with Crippen LogP contribution in [0.2, 0.25) is 0 Å². The predicted molar refractivity (Wildman–Crippen MR) is 115 cm³/mol. The van der Waals surface area contributed by atoms with Gasteiger partial charge in [-0.15, -0.1) is 0 Å². The van der Waals surface area contributed by atoms with E-state index >= 15 is 0 Å². The van der Waals surface area contributed by atoms with Crippen molar-refractivity contribution in [2.24, 2.45) is 46.3 Å². The first-order chi connectivity index (χ1) is 14.6. The Balaban J connectivity index is 1.44. The molecular formula is C26H38O5. The Labute approximate surface area is 185 Å². The van der Waals surface area contributed by atoms with E-state index in [0.29, 0.717) is 48.9 Å². The summed E-state index contributed by atoms with van der Waals surface area (Å²) in [6, 6.07) is 0. The van der Waals surface area contributed by atoms with Gasteiger partial charge in [-0.1, -0.05) is 19.8 Å². The molecule has 0 aromatic rings. The fourth-order valence-corrected chi connectivity index (χ4v) is 9.05. The normalized spacial score (nSPS) is 54.8. The highest BCUT2D eigenvalue weighted by molar-refractivity contribution is 5.88. The van der Waals surface area contributed by atoms with Crippen LogP contribution in [0.3, 0.4) is 0 Å². The second-order valence-electron chi connectivity index (χ2n) is 11.8. The molecule has 0 aliphatic heterocycles. The lowest BCUT2D eigenvalue weighted by Gasteiger charge is -2.65. The van der Waals surface area contributed by atoms with Crippen LogP contribution in [-0.2, 0) is 9.53 Å². The molecule has 11 atom stereocenters. The van der Waals surface area contributed by atoms with Crippen LogP contribution in [0, 0.1) is 58.2 Å². The molecule has 5 rings (SSSR count). The minimum absolute atomic E-state index is 0.0100. The van der Waals surface area contributed by atoms with Crippen LogP contribution in [0.4, 0.5) is 0 Å². The Bertz CT molecular complexity index is 814. The fraction of sp³-hybridized carbons (Fsp3) is 0.885. The number of esters is 1. The molecule has 0 bridgehead atoms. The number of hydrogen-bond acceptors (Lipinski definition) is 5. The largest absolute Gasteiger partial charge is 0.456 e. The van der Waals surface area contributed by atoms with Gasteiger partial charge in [-0.3, -0.25) is 0 Å². The summed E-state index contributed by atoms with van der Waals surface area (Å²) >= 11 is 0. The van der Waals surface area contributed by atoms with Gasteiger partial charge in [-0.2, -0.15) is 0 Å². The summed E-state index contributed by atoms with van der Waals surface area (Å²) < 4.78 is 4.94. The SMILES string of the molecule is CCOC(=O)C#CC1C[C@]2(C)[C@H]3CC[C@@]4(C)[C@@H]([C@@H]5CC[C@@H]5[C@@H]4O)[C@@H]3CC[C@]2(O)C[C@H]1O. The third kappa shape index (κ3) is 2.90. The highest BCUT2D eigenvalue weighted by atomic mass is 16.5. The lowest BCUT2D eigenvalue weighted by Crippen LogP contribution is -2.64. The minimum atomic E-state index is -0.889. The molecule has 5 aliphatic rings. The number of fused-ring (bicyclic) bond motifs is 7. The number of ether oxygens (including phenoxy) is 1. The molecule has 31 heavy (non-hydrogen) atoms. The molecule has 5 nitrogen and oxygen atoms in total. The van der Waals surface area contributed by atoms with E-state index < -0.39 is 17.7 Å². The van der Waals surface area contributed by atoms with Gasteiger partial charge in [-0.25, -0.2) is 4.79 Å². The molecule has 5 heteroatoms. The highest BCUT2D eigenvalue weighted by Crippen LogP contribution is 2.72. The molecule has 5 aliphatic carbocycles. The van der Waals surface area contributed by atoms with Crippen molar-refractivity contribution in [1.82, 2.24) is 0 Å². The maximum absolute atomic E-state index is 11.8. The third-order valence-electron chi connectivity index (χ3n) is 10.7. The zero-order chi connectivity index (χ0) is 22.2. The van der Waals surface area contributed by atoms with Gasteiger partial charge < -0.3 is 20.1 Å². The van der Waals surface area contributed by atoms with Gasteiger partial charge in [0.15, 0.2) is 0 Å². The summed E-state index contributed by atoms with van der Waals surface area (Å²) in [4.78, 5) is 11.8. The van der Waals surface area contributed by atoms with Gasteiger partial charge in [0.25, 0.3) is 0 Å². The van der Waals surface area contributed by atoms with Crippen molar-refractivity contribution in [3.63, 3.8) is 0 Å². The highest BCUT2D eigenvalue weighted by Gasteiger charge is 2.69. The predicted octanol–water partition coefficient (Wildman–Crippen LogP) is 2.90. The summed E-state index contributed by atoms with van der Waals surface area (Å²) in [5, 5.41) is 33.7. The first-order valence-corrected chi connectivity index (χ1v) is 12.4.